The summed E-state index contributed by atoms with van der Waals surface area (Å²) >= 11 is 0. The van der Waals surface area contributed by atoms with Gasteiger partial charge in [0.1, 0.15) is 17.3 Å². The van der Waals surface area contributed by atoms with Crippen LogP contribution in [-0.2, 0) is 17.8 Å². The first-order chi connectivity index (χ1) is 30.5. The largest absolute Gasteiger partial charge is 0.496 e. The Kier molecular flexibility index (Phi) is 22.9. The number of piperidine rings is 1. The number of benzene rings is 4. The van der Waals surface area contributed by atoms with Crippen LogP contribution in [0.15, 0.2) is 86.0 Å². The fraction of sp³-hybridized carbons (Fsp3) is 0.442. The van der Waals surface area contributed by atoms with Crippen molar-refractivity contribution in [2.24, 2.45) is 17.6 Å². The number of nitrogens with two attached hydrogens (primary N) is 1. The number of nitrogens with zero attached hydrogens (tertiary/aromatic N) is 1. The van der Waals surface area contributed by atoms with Crippen LogP contribution in [0.4, 0.5) is 30.7 Å². The van der Waals surface area contributed by atoms with E-state index in [2.05, 4.69) is 46.1 Å². The van der Waals surface area contributed by atoms with E-state index >= 15 is 0 Å². The Bertz CT molecular complexity index is 2140. The number of aryl methyl sites for hydroxylation is 2. The molecular weight excluding hydrogens is 850 g/mol. The Hall–Kier alpha value is -5.30. The fourth-order valence-corrected chi connectivity index (χ4v) is 7.08. The number of methoxy groups -OCH3 is 2. The second-order valence-electron chi connectivity index (χ2n) is 16.2. The number of fused-ring (bicyclic) bond motifs is 1. The third-order valence-corrected chi connectivity index (χ3v) is 11.0. The molecule has 0 spiro atoms. The number of ether oxygens (including phenoxy) is 2. The number of rotatable bonds is 14. The first-order valence-electron chi connectivity index (χ1n) is 21.9. The second-order valence-corrected chi connectivity index (χ2v) is 16.2. The van der Waals surface area contributed by atoms with Crippen LogP contribution in [0.3, 0.4) is 0 Å². The number of unbranched alkanes of at least 4 members (excludes halogenated alkanes) is 1. The molecule has 6 nitrogen and oxygen atoms in total. The lowest BCUT2D eigenvalue weighted by atomic mass is 9.92. The van der Waals surface area contributed by atoms with Gasteiger partial charge in [0.15, 0.2) is 0 Å². The summed E-state index contributed by atoms with van der Waals surface area (Å²) in [6, 6.07) is 18.9. The Morgan fingerprint density at radius 3 is 1.97 bits per heavy atom. The molecule has 4 aromatic carbocycles. The fourth-order valence-electron chi connectivity index (χ4n) is 7.08. The second kappa shape index (κ2) is 26.6. The zero-order valence-electron chi connectivity index (χ0n) is 39.1. The SMILES string of the molecule is C=C(C)c1cc(C)c(C(=C)N)c(F)c1.CCC(F)(F)F.CCC/C=C\C(C)CC.COc1cc(CN2CCC(C(F)(F)F)CC2)cc(OC)c1-c1cccc2c(CCC(=O)O)cccc12. The quantitative estimate of drug-likeness (QED) is 0.0968. The van der Waals surface area contributed by atoms with Gasteiger partial charge < -0.3 is 20.3 Å². The van der Waals surface area contributed by atoms with E-state index in [0.29, 0.717) is 43.1 Å². The monoisotopic (exact) mass is 916 g/mol. The minimum Gasteiger partial charge on any atom is -0.496 e. The zero-order chi connectivity index (χ0) is 49.1. The number of aliphatic carboxylic acids is 1. The maximum Gasteiger partial charge on any atom is 0.391 e. The third kappa shape index (κ3) is 18.2. The average molecular weight is 917 g/mol. The summed E-state index contributed by atoms with van der Waals surface area (Å²) in [4.78, 5) is 13.1. The van der Waals surface area contributed by atoms with Gasteiger partial charge in [-0.2, -0.15) is 26.3 Å². The first-order valence-corrected chi connectivity index (χ1v) is 21.9. The van der Waals surface area contributed by atoms with Gasteiger partial charge in [0.05, 0.1) is 25.7 Å². The van der Waals surface area contributed by atoms with Gasteiger partial charge >= 0.3 is 18.3 Å². The van der Waals surface area contributed by atoms with Crippen molar-refractivity contribution in [2.45, 2.75) is 112 Å². The summed E-state index contributed by atoms with van der Waals surface area (Å²) < 4.78 is 96.5. The van der Waals surface area contributed by atoms with Gasteiger partial charge in [0.2, 0.25) is 0 Å². The molecule has 0 aliphatic carbocycles. The number of likely N-dealkylation sites (tertiary alicyclic amines) is 1. The smallest absolute Gasteiger partial charge is 0.391 e. The van der Waals surface area contributed by atoms with E-state index in [1.54, 1.807) is 14.2 Å². The molecule has 13 heteroatoms. The lowest BCUT2D eigenvalue weighted by Crippen LogP contribution is -2.38. The molecule has 4 aromatic rings. The lowest BCUT2D eigenvalue weighted by Gasteiger charge is -2.33. The molecule has 1 aliphatic heterocycles. The van der Waals surface area contributed by atoms with Crippen molar-refractivity contribution in [3.8, 4) is 22.6 Å². The number of carboxylic acid groups (broad SMARTS) is 1. The van der Waals surface area contributed by atoms with E-state index in [1.807, 2.05) is 73.3 Å². The number of carbonyl (C=O) groups is 1. The lowest BCUT2D eigenvalue weighted by molar-refractivity contribution is -0.185. The van der Waals surface area contributed by atoms with Crippen molar-refractivity contribution in [3.63, 3.8) is 0 Å². The van der Waals surface area contributed by atoms with Crippen molar-refractivity contribution < 1.29 is 50.1 Å². The maximum atomic E-state index is 13.5. The van der Waals surface area contributed by atoms with Crippen LogP contribution < -0.4 is 15.2 Å². The van der Waals surface area contributed by atoms with E-state index < -0.39 is 30.7 Å². The van der Waals surface area contributed by atoms with Gasteiger partial charge in [-0.1, -0.05) is 114 Å². The van der Waals surface area contributed by atoms with Gasteiger partial charge in [-0.25, -0.2) is 4.39 Å². The number of carboxylic acids is 1. The molecule has 1 unspecified atom stereocenters. The van der Waals surface area contributed by atoms with E-state index in [4.69, 9.17) is 20.3 Å². The molecule has 0 bridgehead atoms. The maximum absolute atomic E-state index is 13.5. The van der Waals surface area contributed by atoms with Crippen LogP contribution in [-0.4, -0.2) is 55.6 Å². The van der Waals surface area contributed by atoms with Crippen LogP contribution in [0.1, 0.15) is 107 Å². The number of hydrogen-bond donors (Lipinski definition) is 2. The zero-order valence-corrected chi connectivity index (χ0v) is 39.1. The summed E-state index contributed by atoms with van der Waals surface area (Å²) in [7, 11) is 3.17. The first kappa shape index (κ1) is 55.8. The van der Waals surface area contributed by atoms with Crippen LogP contribution in [0.5, 0.6) is 11.5 Å². The molecule has 0 radical (unpaired) electrons. The molecule has 1 atom stereocenters. The highest BCUT2D eigenvalue weighted by Gasteiger charge is 2.41. The Balaban J connectivity index is 0.000000406. The third-order valence-electron chi connectivity index (χ3n) is 11.0. The van der Waals surface area contributed by atoms with Crippen LogP contribution >= 0.6 is 0 Å². The summed E-state index contributed by atoms with van der Waals surface area (Å²) in [5, 5.41) is 11.0. The summed E-state index contributed by atoms with van der Waals surface area (Å²) in [6.07, 6.45) is 0.236. The molecule has 0 saturated carbocycles. The van der Waals surface area contributed by atoms with Gasteiger partial charge in [-0.15, -0.1) is 0 Å². The number of allylic oxidation sites excluding steroid dienone is 3. The topological polar surface area (TPSA) is 85.0 Å². The number of alkyl halides is 6. The summed E-state index contributed by atoms with van der Waals surface area (Å²) in [5.41, 5.74) is 12.1. The van der Waals surface area contributed by atoms with Crippen molar-refractivity contribution in [2.75, 3.05) is 27.3 Å². The number of hydrogen-bond acceptors (Lipinski definition) is 5. The standard InChI is InChI=1S/C28H30F3NO4.C12H14FN.C9H18.C3H5F3/c1-35-24-15-18(17-32-13-11-20(12-14-32)28(29,30)31)16-25(36-2)27(24)23-8-4-6-21-19(9-10-26(33)34)5-3-7-22(21)23;1-7(2)10-5-8(3)12(9(4)14)11(13)6-10;1-4-6-7-8-9(3)5-2;1-2-3(4,5)6/h3-8,15-16,20H,9-14,17H2,1-2H3,(H,33,34);5-6H,1,4,14H2,2-3H3;7-9H,4-6H2,1-3H3;2H2,1H3/b;;8-7-;. The summed E-state index contributed by atoms with van der Waals surface area (Å²) in [6.45, 7) is 20.0. The Morgan fingerprint density at radius 2 is 1.51 bits per heavy atom. The summed E-state index contributed by atoms with van der Waals surface area (Å²) in [5.74, 6) is -0.417. The van der Waals surface area contributed by atoms with Crippen molar-refractivity contribution in [1.82, 2.24) is 4.90 Å². The van der Waals surface area contributed by atoms with E-state index in [9.17, 15) is 35.5 Å². The Labute approximate surface area is 381 Å². The highest BCUT2D eigenvalue weighted by atomic mass is 19.4. The van der Waals surface area contributed by atoms with E-state index in [-0.39, 0.29) is 30.8 Å². The minimum absolute atomic E-state index is 0.0465. The molecule has 3 N–H and O–H groups in total. The van der Waals surface area contributed by atoms with Gasteiger partial charge in [0, 0.05) is 30.6 Å². The van der Waals surface area contributed by atoms with E-state index in [1.165, 1.54) is 25.3 Å². The molecule has 1 heterocycles. The minimum atomic E-state index is -4.13. The molecule has 65 heavy (non-hydrogen) atoms. The van der Waals surface area contributed by atoms with Crippen molar-refractivity contribution >= 4 is 28.0 Å². The molecular formula is C52H67F7N2O4. The van der Waals surface area contributed by atoms with Gasteiger partial charge in [-0.05, 0) is 115 Å². The predicted molar refractivity (Wildman–Crippen MR) is 251 cm³/mol. The van der Waals surface area contributed by atoms with Crippen molar-refractivity contribution in [3.05, 3.63) is 120 Å². The van der Waals surface area contributed by atoms with Gasteiger partial charge in [-0.3, -0.25) is 9.69 Å². The highest BCUT2D eigenvalue weighted by Crippen LogP contribution is 2.44. The van der Waals surface area contributed by atoms with Crippen LogP contribution in [0.2, 0.25) is 0 Å². The molecule has 358 valence electrons. The van der Waals surface area contributed by atoms with Crippen LogP contribution in [0, 0.1) is 24.6 Å². The highest BCUT2D eigenvalue weighted by molar-refractivity contribution is 6.01. The van der Waals surface area contributed by atoms with Crippen molar-refractivity contribution in [1.29, 1.82) is 0 Å². The molecule has 0 aromatic heterocycles. The normalized spacial score (nSPS) is 13.7. The van der Waals surface area contributed by atoms with Gasteiger partial charge in [0.25, 0.3) is 0 Å². The average Bonchev–Trinajstić information content (AvgIpc) is 3.25. The predicted octanol–water partition coefficient (Wildman–Crippen LogP) is 14.8. The molecule has 1 saturated heterocycles. The van der Waals surface area contributed by atoms with Crippen LogP contribution in [0.25, 0.3) is 33.2 Å². The molecule has 1 fully saturated rings. The molecule has 5 rings (SSSR count). The Morgan fingerprint density at radius 1 is 0.938 bits per heavy atom. The molecule has 0 amide bonds. The number of halogens is 7. The molecule has 1 aliphatic rings. The van der Waals surface area contributed by atoms with E-state index in [0.717, 1.165) is 62.6 Å².